The molecule has 3 heterocycles. The van der Waals surface area contributed by atoms with Gasteiger partial charge in [-0.15, -0.1) is 0 Å². The molecule has 0 aromatic carbocycles. The number of ether oxygens (including phenoxy) is 1. The molecule has 0 atom stereocenters. The lowest BCUT2D eigenvalue weighted by atomic mass is 9.95. The summed E-state index contributed by atoms with van der Waals surface area (Å²) in [7, 11) is 0. The minimum atomic E-state index is 0.131. The van der Waals surface area contributed by atoms with Crippen LogP contribution in [0.5, 0.6) is 0 Å². The minimum absolute atomic E-state index is 0.131. The Morgan fingerprint density at radius 3 is 2.00 bits per heavy atom. The van der Waals surface area contributed by atoms with E-state index in [1.807, 2.05) is 4.90 Å². The number of rotatable bonds is 3. The molecule has 3 aliphatic rings. The fourth-order valence-electron chi connectivity index (χ4n) is 4.17. The van der Waals surface area contributed by atoms with Gasteiger partial charge in [-0.2, -0.15) is 0 Å². The van der Waals surface area contributed by atoms with Crippen molar-refractivity contribution < 1.29 is 14.3 Å². The first-order valence-corrected chi connectivity index (χ1v) is 10.1. The molecule has 2 amide bonds. The number of amides is 2. The van der Waals surface area contributed by atoms with E-state index in [0.717, 1.165) is 65.0 Å². The quantitative estimate of drug-likeness (QED) is 0.770. The van der Waals surface area contributed by atoms with Gasteiger partial charge in [-0.05, 0) is 38.8 Å². The SMILES string of the molecule is O=C(CN1CCC(C(=O)N2CCOCC2)CC1)N1CCCCCCC1. The minimum Gasteiger partial charge on any atom is -0.378 e. The third-order valence-corrected chi connectivity index (χ3v) is 5.83. The molecule has 3 fully saturated rings. The van der Waals surface area contributed by atoms with Gasteiger partial charge in [0.15, 0.2) is 0 Å². The molecule has 142 valence electrons. The van der Waals surface area contributed by atoms with E-state index < -0.39 is 0 Å². The van der Waals surface area contributed by atoms with Gasteiger partial charge in [0, 0.05) is 32.1 Å². The maximum Gasteiger partial charge on any atom is 0.236 e. The van der Waals surface area contributed by atoms with E-state index in [2.05, 4.69) is 9.80 Å². The van der Waals surface area contributed by atoms with Gasteiger partial charge in [-0.25, -0.2) is 0 Å². The molecule has 3 saturated heterocycles. The maximum atomic E-state index is 12.6. The number of morpholine rings is 1. The van der Waals surface area contributed by atoms with Crippen LogP contribution >= 0.6 is 0 Å². The van der Waals surface area contributed by atoms with E-state index in [1.165, 1.54) is 19.3 Å². The monoisotopic (exact) mass is 351 g/mol. The molecule has 0 unspecified atom stereocenters. The zero-order chi connectivity index (χ0) is 17.5. The van der Waals surface area contributed by atoms with Crippen molar-refractivity contribution in [1.82, 2.24) is 14.7 Å². The summed E-state index contributed by atoms with van der Waals surface area (Å²) >= 11 is 0. The summed E-state index contributed by atoms with van der Waals surface area (Å²) in [5.74, 6) is 0.698. The average molecular weight is 351 g/mol. The van der Waals surface area contributed by atoms with Crippen molar-refractivity contribution in [2.24, 2.45) is 5.92 Å². The summed E-state index contributed by atoms with van der Waals surface area (Å²) < 4.78 is 5.33. The number of hydrogen-bond acceptors (Lipinski definition) is 4. The molecule has 6 nitrogen and oxygen atoms in total. The summed E-state index contributed by atoms with van der Waals surface area (Å²) in [4.78, 5) is 31.4. The lowest BCUT2D eigenvalue weighted by molar-refractivity contribution is -0.141. The van der Waals surface area contributed by atoms with Crippen LogP contribution in [0.3, 0.4) is 0 Å². The van der Waals surface area contributed by atoms with Crippen LogP contribution in [0.2, 0.25) is 0 Å². The van der Waals surface area contributed by atoms with Crippen LogP contribution in [0.1, 0.15) is 44.9 Å². The number of likely N-dealkylation sites (tertiary alicyclic amines) is 2. The summed E-state index contributed by atoms with van der Waals surface area (Å²) in [5.41, 5.74) is 0. The van der Waals surface area contributed by atoms with Gasteiger partial charge in [0.25, 0.3) is 0 Å². The first-order chi connectivity index (χ1) is 12.2. The summed E-state index contributed by atoms with van der Waals surface area (Å²) in [6.45, 7) is 6.87. The number of carbonyl (C=O) groups excluding carboxylic acids is 2. The molecule has 0 radical (unpaired) electrons. The van der Waals surface area contributed by atoms with Crippen molar-refractivity contribution in [3.63, 3.8) is 0 Å². The standard InChI is InChI=1S/C19H33N3O3/c23-18(21-8-4-2-1-3-5-9-21)16-20-10-6-17(7-11-20)19(24)22-12-14-25-15-13-22/h17H,1-16H2. The van der Waals surface area contributed by atoms with Crippen molar-refractivity contribution in [3.8, 4) is 0 Å². The van der Waals surface area contributed by atoms with Gasteiger partial charge in [0.1, 0.15) is 0 Å². The molecule has 25 heavy (non-hydrogen) atoms. The largest absolute Gasteiger partial charge is 0.378 e. The number of hydrogen-bond donors (Lipinski definition) is 0. The molecular weight excluding hydrogens is 318 g/mol. The predicted molar refractivity (Wildman–Crippen MR) is 96.2 cm³/mol. The predicted octanol–water partition coefficient (Wildman–Crippen LogP) is 1.35. The van der Waals surface area contributed by atoms with Gasteiger partial charge in [0.05, 0.1) is 19.8 Å². The summed E-state index contributed by atoms with van der Waals surface area (Å²) in [5, 5.41) is 0. The summed E-state index contributed by atoms with van der Waals surface area (Å²) in [6, 6.07) is 0. The third-order valence-electron chi connectivity index (χ3n) is 5.83. The van der Waals surface area contributed by atoms with Crippen LogP contribution in [0.25, 0.3) is 0 Å². The Morgan fingerprint density at radius 2 is 1.36 bits per heavy atom. The van der Waals surface area contributed by atoms with Gasteiger partial charge in [-0.3, -0.25) is 14.5 Å². The summed E-state index contributed by atoms with van der Waals surface area (Å²) in [6.07, 6.45) is 7.85. The number of piperidine rings is 1. The highest BCUT2D eigenvalue weighted by atomic mass is 16.5. The molecule has 3 aliphatic heterocycles. The topological polar surface area (TPSA) is 53.1 Å². The highest BCUT2D eigenvalue weighted by Gasteiger charge is 2.30. The molecular formula is C19H33N3O3. The zero-order valence-corrected chi connectivity index (χ0v) is 15.5. The second-order valence-electron chi connectivity index (χ2n) is 7.64. The Kier molecular flexibility index (Phi) is 7.11. The van der Waals surface area contributed by atoms with E-state index in [-0.39, 0.29) is 17.7 Å². The van der Waals surface area contributed by atoms with Crippen molar-refractivity contribution in [2.45, 2.75) is 44.9 Å². The zero-order valence-electron chi connectivity index (χ0n) is 15.5. The lowest BCUT2D eigenvalue weighted by Crippen LogP contribution is -2.48. The average Bonchev–Trinajstić information content (AvgIpc) is 2.62. The number of nitrogens with zero attached hydrogens (tertiary/aromatic N) is 3. The molecule has 0 aromatic rings. The third kappa shape index (κ3) is 5.42. The van der Waals surface area contributed by atoms with Gasteiger partial charge < -0.3 is 14.5 Å². The Labute approximate surface area is 151 Å². The molecule has 6 heteroatoms. The molecule has 0 saturated carbocycles. The van der Waals surface area contributed by atoms with E-state index in [1.54, 1.807) is 0 Å². The second kappa shape index (κ2) is 9.53. The fourth-order valence-corrected chi connectivity index (χ4v) is 4.17. The smallest absolute Gasteiger partial charge is 0.236 e. The Morgan fingerprint density at radius 1 is 0.760 bits per heavy atom. The first-order valence-electron chi connectivity index (χ1n) is 10.1. The molecule has 3 rings (SSSR count). The van der Waals surface area contributed by atoms with Gasteiger partial charge >= 0.3 is 0 Å². The normalized spacial score (nSPS) is 24.6. The molecule has 0 aliphatic carbocycles. The van der Waals surface area contributed by atoms with Crippen molar-refractivity contribution in [2.75, 3.05) is 59.0 Å². The highest BCUT2D eigenvalue weighted by molar-refractivity contribution is 5.79. The molecule has 0 aromatic heterocycles. The molecule has 0 bridgehead atoms. The van der Waals surface area contributed by atoms with Crippen molar-refractivity contribution >= 4 is 11.8 Å². The molecule has 0 spiro atoms. The Bertz CT molecular complexity index is 435. The van der Waals surface area contributed by atoms with Gasteiger partial charge in [0.2, 0.25) is 11.8 Å². The van der Waals surface area contributed by atoms with Crippen LogP contribution in [0, 0.1) is 5.92 Å². The Hall–Kier alpha value is -1.14. The van der Waals surface area contributed by atoms with Gasteiger partial charge in [-0.1, -0.05) is 19.3 Å². The second-order valence-corrected chi connectivity index (χ2v) is 7.64. The van der Waals surface area contributed by atoms with Crippen molar-refractivity contribution in [1.29, 1.82) is 0 Å². The lowest BCUT2D eigenvalue weighted by Gasteiger charge is -2.36. The van der Waals surface area contributed by atoms with Crippen molar-refractivity contribution in [3.05, 3.63) is 0 Å². The van der Waals surface area contributed by atoms with E-state index in [4.69, 9.17) is 4.74 Å². The van der Waals surface area contributed by atoms with E-state index in [0.29, 0.717) is 19.8 Å². The Balaban J connectivity index is 1.40. The maximum absolute atomic E-state index is 12.6. The van der Waals surface area contributed by atoms with Crippen LogP contribution in [0.15, 0.2) is 0 Å². The van der Waals surface area contributed by atoms with Crippen LogP contribution in [0.4, 0.5) is 0 Å². The van der Waals surface area contributed by atoms with E-state index >= 15 is 0 Å². The van der Waals surface area contributed by atoms with Crippen LogP contribution in [-0.2, 0) is 14.3 Å². The number of carbonyl (C=O) groups is 2. The molecule has 0 N–H and O–H groups in total. The fraction of sp³-hybridized carbons (Fsp3) is 0.895. The van der Waals surface area contributed by atoms with E-state index in [9.17, 15) is 9.59 Å². The van der Waals surface area contributed by atoms with Crippen LogP contribution in [-0.4, -0.2) is 85.5 Å². The highest BCUT2D eigenvalue weighted by Crippen LogP contribution is 2.20. The first kappa shape index (κ1) is 18.6. The van der Waals surface area contributed by atoms with Crippen LogP contribution < -0.4 is 0 Å².